The van der Waals surface area contributed by atoms with Crippen molar-refractivity contribution in [3.8, 4) is 0 Å². The van der Waals surface area contributed by atoms with Gasteiger partial charge in [-0.25, -0.2) is 8.42 Å². The summed E-state index contributed by atoms with van der Waals surface area (Å²) in [5, 5.41) is 15.8. The van der Waals surface area contributed by atoms with E-state index in [1.165, 1.54) is 4.31 Å². The Morgan fingerprint density at radius 2 is 1.72 bits per heavy atom. The molecule has 2 aromatic rings. The molecule has 2 N–H and O–H groups in total. The largest absolute Gasteiger partial charge is 0.390 e. The van der Waals surface area contributed by atoms with E-state index < -0.39 is 21.2 Å². The molecule has 8 heteroatoms. The molecule has 7 rings (SSSR count). The summed E-state index contributed by atoms with van der Waals surface area (Å²) in [7, 11) is -0.0274. The Morgan fingerprint density at radius 1 is 1.06 bits per heavy atom. The summed E-state index contributed by atoms with van der Waals surface area (Å²) in [6.45, 7) is 2.11. The van der Waals surface area contributed by atoms with Crippen molar-refractivity contribution in [2.45, 2.75) is 73.9 Å². The van der Waals surface area contributed by atoms with E-state index in [1.54, 1.807) is 19.1 Å². The van der Waals surface area contributed by atoms with Crippen molar-refractivity contribution in [1.29, 1.82) is 0 Å². The number of rotatable bonds is 5. The molecule has 4 aliphatic carbocycles. The minimum Gasteiger partial charge on any atom is -0.390 e. The summed E-state index contributed by atoms with van der Waals surface area (Å²) >= 11 is 0. The maximum absolute atomic E-state index is 14.1. The fourth-order valence-corrected chi connectivity index (χ4v) is 10.1. The van der Waals surface area contributed by atoms with E-state index in [0.717, 1.165) is 43.2 Å². The van der Waals surface area contributed by atoms with E-state index in [0.29, 0.717) is 30.7 Å². The van der Waals surface area contributed by atoms with Crippen molar-refractivity contribution in [2.75, 3.05) is 25.5 Å². The lowest BCUT2D eigenvalue weighted by Gasteiger charge is -2.58. The Balaban J connectivity index is 1.31. The molecule has 0 radical (unpaired) electrons. The average molecular weight is 512 g/mol. The third-order valence-corrected chi connectivity index (χ3v) is 11.6. The van der Waals surface area contributed by atoms with Crippen LogP contribution in [0.3, 0.4) is 0 Å². The minimum absolute atomic E-state index is 0.0245. The molecule has 0 aromatic heterocycles. The molecule has 1 amide bonds. The van der Waals surface area contributed by atoms with Gasteiger partial charge in [0.2, 0.25) is 15.9 Å². The number of aliphatic hydroxyl groups is 1. The third-order valence-electron chi connectivity index (χ3n) is 9.51. The molecule has 6 atom stereocenters. The van der Waals surface area contributed by atoms with E-state index in [4.69, 9.17) is 0 Å². The molecule has 5 aliphatic rings. The monoisotopic (exact) mass is 511 g/mol. The van der Waals surface area contributed by atoms with Gasteiger partial charge in [-0.15, -0.1) is 0 Å². The van der Waals surface area contributed by atoms with E-state index in [9.17, 15) is 18.3 Å². The van der Waals surface area contributed by atoms with E-state index in [2.05, 4.69) is 5.32 Å². The van der Waals surface area contributed by atoms with Gasteiger partial charge in [0.25, 0.3) is 0 Å². The van der Waals surface area contributed by atoms with Crippen molar-refractivity contribution >= 4 is 32.4 Å². The first-order valence-electron chi connectivity index (χ1n) is 13.3. The Hall–Kier alpha value is -2.16. The van der Waals surface area contributed by atoms with Crippen LogP contribution in [0.4, 0.5) is 5.69 Å². The molecule has 194 valence electrons. The number of fused-ring (bicyclic) bond motifs is 1. The summed E-state index contributed by atoms with van der Waals surface area (Å²) in [5.74, 6) is 0.922. The van der Waals surface area contributed by atoms with Gasteiger partial charge in [-0.05, 0) is 81.8 Å². The highest BCUT2D eigenvalue weighted by molar-refractivity contribution is 7.89. The van der Waals surface area contributed by atoms with Crippen LogP contribution in [0.2, 0.25) is 0 Å². The number of carbonyl (C=O) groups is 1. The summed E-state index contributed by atoms with van der Waals surface area (Å²) in [6, 6.07) is 11.1. The lowest BCUT2D eigenvalue weighted by molar-refractivity contribution is -0.150. The first-order valence-corrected chi connectivity index (χ1v) is 14.7. The molecular formula is C28H37N3O4S. The standard InChI is InChI=1S/C28H37N3O4S/c1-27(26(32)29-25-19-13-18-14-20(25)17-28(33,15-18)16-19)11-6-12-31(27)36(34,35)24-10-5-7-21-22(24)8-4-9-23(21)30(2)3/h4-5,7-10,18-20,25,33H,6,11-17H2,1-3H3,(H,29,32)/t18?,19-,20+,25?,27-,28?/m1/s1. The van der Waals surface area contributed by atoms with Gasteiger partial charge in [0, 0.05) is 43.1 Å². The highest BCUT2D eigenvalue weighted by Crippen LogP contribution is 2.55. The Bertz CT molecular complexity index is 1310. The van der Waals surface area contributed by atoms with Crippen molar-refractivity contribution in [1.82, 2.24) is 9.62 Å². The first kappa shape index (κ1) is 24.2. The Morgan fingerprint density at radius 3 is 2.39 bits per heavy atom. The zero-order valence-corrected chi connectivity index (χ0v) is 22.2. The Kier molecular flexibility index (Phi) is 5.49. The Labute approximate surface area is 213 Å². The molecule has 7 nitrogen and oxygen atoms in total. The van der Waals surface area contributed by atoms with Crippen molar-refractivity contribution < 1.29 is 18.3 Å². The van der Waals surface area contributed by atoms with Crippen LogP contribution < -0.4 is 10.2 Å². The van der Waals surface area contributed by atoms with Crippen LogP contribution >= 0.6 is 0 Å². The molecule has 0 spiro atoms. The second-order valence-corrected chi connectivity index (χ2v) is 14.0. The highest BCUT2D eigenvalue weighted by Gasteiger charge is 2.57. The van der Waals surface area contributed by atoms with Crippen LogP contribution in [0.25, 0.3) is 10.8 Å². The van der Waals surface area contributed by atoms with Gasteiger partial charge in [-0.1, -0.05) is 24.3 Å². The molecular weight excluding hydrogens is 474 g/mol. The van der Waals surface area contributed by atoms with Gasteiger partial charge >= 0.3 is 0 Å². The predicted molar refractivity (Wildman–Crippen MR) is 140 cm³/mol. The number of nitrogens with zero attached hydrogens (tertiary/aromatic N) is 2. The molecule has 3 unspecified atom stereocenters. The summed E-state index contributed by atoms with van der Waals surface area (Å²) in [5.41, 5.74) is -0.745. The van der Waals surface area contributed by atoms with Crippen molar-refractivity contribution in [3.05, 3.63) is 36.4 Å². The van der Waals surface area contributed by atoms with E-state index in [-0.39, 0.29) is 28.7 Å². The summed E-state index contributed by atoms with van der Waals surface area (Å²) in [4.78, 5) is 16.1. The zero-order valence-electron chi connectivity index (χ0n) is 21.4. The number of hydrogen-bond acceptors (Lipinski definition) is 5. The number of hydrogen-bond donors (Lipinski definition) is 2. The first-order chi connectivity index (χ1) is 17.0. The average Bonchev–Trinajstić information content (AvgIpc) is 3.23. The van der Waals surface area contributed by atoms with E-state index >= 15 is 0 Å². The van der Waals surface area contributed by atoms with Crippen LogP contribution in [0.15, 0.2) is 41.3 Å². The van der Waals surface area contributed by atoms with E-state index in [1.807, 2.05) is 43.3 Å². The van der Waals surface area contributed by atoms with Gasteiger partial charge in [-0.2, -0.15) is 4.31 Å². The fourth-order valence-electron chi connectivity index (χ4n) is 8.07. The molecule has 36 heavy (non-hydrogen) atoms. The molecule has 1 aliphatic heterocycles. The molecule has 2 aromatic carbocycles. The minimum atomic E-state index is -3.92. The SMILES string of the molecule is CN(C)c1cccc2c(S(=O)(=O)N3CCC[C@]3(C)C(=O)NC3[C@@H]4CC5C[C@H]3CC(O)(C5)C4)cccc12. The molecule has 5 fully saturated rings. The van der Waals surface area contributed by atoms with Crippen molar-refractivity contribution in [3.63, 3.8) is 0 Å². The normalized spacial score (nSPS) is 35.9. The van der Waals surface area contributed by atoms with Gasteiger partial charge in [0.15, 0.2) is 0 Å². The van der Waals surface area contributed by atoms with Gasteiger partial charge in [-0.3, -0.25) is 4.79 Å². The van der Waals surface area contributed by atoms with Gasteiger partial charge in [0.1, 0.15) is 5.54 Å². The van der Waals surface area contributed by atoms with Gasteiger partial charge in [0.05, 0.1) is 10.5 Å². The molecule has 4 saturated carbocycles. The quantitative estimate of drug-likeness (QED) is 0.641. The number of nitrogens with one attached hydrogen (secondary N) is 1. The second-order valence-electron chi connectivity index (χ2n) is 12.2. The second kappa shape index (κ2) is 8.17. The van der Waals surface area contributed by atoms with Crippen LogP contribution in [0.1, 0.15) is 51.9 Å². The molecule has 1 heterocycles. The maximum Gasteiger partial charge on any atom is 0.244 e. The molecule has 4 bridgehead atoms. The summed E-state index contributed by atoms with van der Waals surface area (Å²) < 4.78 is 29.7. The number of sulfonamides is 1. The van der Waals surface area contributed by atoms with Crippen LogP contribution in [0, 0.1) is 17.8 Å². The van der Waals surface area contributed by atoms with Crippen molar-refractivity contribution in [2.24, 2.45) is 17.8 Å². The maximum atomic E-state index is 14.1. The molecule has 1 saturated heterocycles. The fraction of sp³-hybridized carbons (Fsp3) is 0.607. The lowest BCUT2D eigenvalue weighted by atomic mass is 9.52. The third kappa shape index (κ3) is 3.59. The van der Waals surface area contributed by atoms with Gasteiger partial charge < -0.3 is 15.3 Å². The summed E-state index contributed by atoms with van der Waals surface area (Å²) in [6.07, 6.45) is 5.63. The van der Waals surface area contributed by atoms with Crippen LogP contribution in [0.5, 0.6) is 0 Å². The zero-order chi connectivity index (χ0) is 25.5. The highest BCUT2D eigenvalue weighted by atomic mass is 32.2. The number of carbonyl (C=O) groups excluding carboxylic acids is 1. The number of anilines is 1. The lowest BCUT2D eigenvalue weighted by Crippen LogP contribution is -2.65. The predicted octanol–water partition coefficient (Wildman–Crippen LogP) is 3.50. The van der Waals surface area contributed by atoms with Crippen LogP contribution in [-0.4, -0.2) is 61.6 Å². The smallest absolute Gasteiger partial charge is 0.244 e. The number of benzene rings is 2. The topological polar surface area (TPSA) is 90.0 Å². The van der Waals surface area contributed by atoms with Crippen LogP contribution in [-0.2, 0) is 14.8 Å². The number of amides is 1.